The van der Waals surface area contributed by atoms with Crippen LogP contribution in [0.3, 0.4) is 0 Å². The van der Waals surface area contributed by atoms with Crippen LogP contribution in [0.4, 0.5) is 0 Å². The second-order valence-electron chi connectivity index (χ2n) is 4.33. The first-order chi connectivity index (χ1) is 6.47. The van der Waals surface area contributed by atoms with Crippen molar-refractivity contribution < 1.29 is 9.90 Å². The highest BCUT2D eigenvalue weighted by Gasteiger charge is 2.11. The number of nitrogens with one attached hydrogen (secondary N) is 1. The number of carbonyl (C=O) groups is 1. The Hall–Kier alpha value is -0.570. The quantitative estimate of drug-likeness (QED) is 0.685. The summed E-state index contributed by atoms with van der Waals surface area (Å²) in [6.45, 7) is 8.36. The molecule has 84 valence electrons. The Labute approximate surface area is 86.9 Å². The third kappa shape index (κ3) is 5.97. The van der Waals surface area contributed by atoms with Gasteiger partial charge in [0.25, 0.3) is 0 Å². The summed E-state index contributed by atoms with van der Waals surface area (Å²) < 4.78 is 0. The number of aliphatic hydroxyl groups excluding tert-OH is 1. The Kier molecular flexibility index (Phi) is 6.54. The largest absolute Gasteiger partial charge is 0.391 e. The average Bonchev–Trinajstić information content (AvgIpc) is 2.13. The molecule has 2 atom stereocenters. The van der Waals surface area contributed by atoms with Gasteiger partial charge in [0.15, 0.2) is 0 Å². The van der Waals surface area contributed by atoms with Gasteiger partial charge in [-0.3, -0.25) is 4.79 Å². The second-order valence-corrected chi connectivity index (χ2v) is 4.33. The summed E-state index contributed by atoms with van der Waals surface area (Å²) in [4.78, 5) is 11.3. The fraction of sp³-hybridized carbons (Fsp3) is 0.909. The Morgan fingerprint density at radius 3 is 2.36 bits per heavy atom. The summed E-state index contributed by atoms with van der Waals surface area (Å²) in [5, 5.41) is 12.2. The summed E-state index contributed by atoms with van der Waals surface area (Å²) in [6, 6.07) is 0. The van der Waals surface area contributed by atoms with Crippen LogP contribution in [0.15, 0.2) is 0 Å². The molecule has 0 heterocycles. The number of amides is 1. The number of carbonyl (C=O) groups excluding carboxylic acids is 1. The first-order valence-corrected chi connectivity index (χ1v) is 5.42. The molecule has 2 N–H and O–H groups in total. The highest BCUT2D eigenvalue weighted by Crippen LogP contribution is 2.06. The fourth-order valence-corrected chi connectivity index (χ4v) is 0.987. The lowest BCUT2D eigenvalue weighted by atomic mass is 10.0. The minimum Gasteiger partial charge on any atom is -0.391 e. The molecular formula is C11H23NO2. The fourth-order valence-electron chi connectivity index (χ4n) is 0.987. The third-order valence-electron chi connectivity index (χ3n) is 2.51. The molecule has 14 heavy (non-hydrogen) atoms. The van der Waals surface area contributed by atoms with E-state index in [1.54, 1.807) is 0 Å². The second kappa shape index (κ2) is 6.82. The van der Waals surface area contributed by atoms with Crippen LogP contribution in [0, 0.1) is 11.8 Å². The lowest BCUT2D eigenvalue weighted by Crippen LogP contribution is -2.35. The van der Waals surface area contributed by atoms with Crippen LogP contribution in [0.1, 0.15) is 40.5 Å². The molecule has 0 aliphatic carbocycles. The molecule has 3 heteroatoms. The van der Waals surface area contributed by atoms with E-state index in [9.17, 15) is 9.90 Å². The molecule has 0 spiro atoms. The van der Waals surface area contributed by atoms with Crippen LogP contribution in [-0.4, -0.2) is 23.7 Å². The maximum atomic E-state index is 11.3. The van der Waals surface area contributed by atoms with Gasteiger partial charge < -0.3 is 10.4 Å². The van der Waals surface area contributed by atoms with Gasteiger partial charge in [0.1, 0.15) is 0 Å². The Bertz CT molecular complexity index is 169. The third-order valence-corrected chi connectivity index (χ3v) is 2.51. The van der Waals surface area contributed by atoms with Crippen molar-refractivity contribution in [2.24, 2.45) is 11.8 Å². The van der Waals surface area contributed by atoms with Gasteiger partial charge in [-0.15, -0.1) is 0 Å². The van der Waals surface area contributed by atoms with E-state index in [0.29, 0.717) is 18.9 Å². The summed E-state index contributed by atoms with van der Waals surface area (Å²) in [7, 11) is 0. The molecule has 1 amide bonds. The first-order valence-electron chi connectivity index (χ1n) is 5.42. The van der Waals surface area contributed by atoms with Crippen molar-refractivity contribution in [3.63, 3.8) is 0 Å². The van der Waals surface area contributed by atoms with Crippen LogP contribution in [0.25, 0.3) is 0 Å². The topological polar surface area (TPSA) is 49.3 Å². The molecule has 0 aliphatic rings. The van der Waals surface area contributed by atoms with E-state index in [-0.39, 0.29) is 11.8 Å². The van der Waals surface area contributed by atoms with E-state index in [1.807, 2.05) is 13.8 Å². The lowest BCUT2D eigenvalue weighted by Gasteiger charge is -2.15. The average molecular weight is 201 g/mol. The van der Waals surface area contributed by atoms with Crippen LogP contribution in [0.2, 0.25) is 0 Å². The molecule has 0 saturated carbocycles. The predicted octanol–water partition coefficient (Wildman–Crippen LogP) is 1.56. The van der Waals surface area contributed by atoms with Crippen molar-refractivity contribution in [3.05, 3.63) is 0 Å². The van der Waals surface area contributed by atoms with E-state index in [4.69, 9.17) is 0 Å². The van der Waals surface area contributed by atoms with Gasteiger partial charge in [-0.2, -0.15) is 0 Å². The first kappa shape index (κ1) is 13.4. The molecule has 0 saturated heterocycles. The monoisotopic (exact) mass is 201 g/mol. The van der Waals surface area contributed by atoms with Crippen molar-refractivity contribution in [2.75, 3.05) is 6.54 Å². The van der Waals surface area contributed by atoms with Gasteiger partial charge in [-0.25, -0.2) is 0 Å². The van der Waals surface area contributed by atoms with Crippen LogP contribution in [0.5, 0.6) is 0 Å². The Morgan fingerprint density at radius 2 is 1.93 bits per heavy atom. The zero-order valence-electron chi connectivity index (χ0n) is 9.71. The Morgan fingerprint density at radius 1 is 1.36 bits per heavy atom. The summed E-state index contributed by atoms with van der Waals surface area (Å²) >= 11 is 0. The molecule has 0 aromatic heterocycles. The van der Waals surface area contributed by atoms with Crippen molar-refractivity contribution in [1.29, 1.82) is 0 Å². The van der Waals surface area contributed by atoms with Crippen LogP contribution in [-0.2, 0) is 4.79 Å². The summed E-state index contributed by atoms with van der Waals surface area (Å²) in [6.07, 6.45) is 1.14. The van der Waals surface area contributed by atoms with Crippen molar-refractivity contribution >= 4 is 5.91 Å². The van der Waals surface area contributed by atoms with Crippen molar-refractivity contribution in [1.82, 2.24) is 5.32 Å². The number of rotatable bonds is 6. The van der Waals surface area contributed by atoms with Gasteiger partial charge in [0, 0.05) is 13.0 Å². The maximum Gasteiger partial charge on any atom is 0.220 e. The zero-order chi connectivity index (χ0) is 11.1. The van der Waals surface area contributed by atoms with Gasteiger partial charge >= 0.3 is 0 Å². The smallest absolute Gasteiger partial charge is 0.220 e. The minimum atomic E-state index is -0.434. The Balaban J connectivity index is 3.64. The summed E-state index contributed by atoms with van der Waals surface area (Å²) in [5.41, 5.74) is 0. The van der Waals surface area contributed by atoms with Gasteiger partial charge in [0.05, 0.1) is 6.10 Å². The molecule has 0 aliphatic heterocycles. The van der Waals surface area contributed by atoms with E-state index in [0.717, 1.165) is 6.42 Å². The number of hydrogen-bond acceptors (Lipinski definition) is 2. The molecule has 0 fully saturated rings. The molecular weight excluding hydrogens is 178 g/mol. The van der Waals surface area contributed by atoms with E-state index >= 15 is 0 Å². The van der Waals surface area contributed by atoms with Crippen molar-refractivity contribution in [3.8, 4) is 0 Å². The maximum absolute atomic E-state index is 11.3. The van der Waals surface area contributed by atoms with Crippen LogP contribution < -0.4 is 5.32 Å². The van der Waals surface area contributed by atoms with E-state index in [1.165, 1.54) is 0 Å². The lowest BCUT2D eigenvalue weighted by molar-refractivity contribution is -0.122. The number of aliphatic hydroxyl groups is 1. The molecule has 0 bridgehead atoms. The normalized spacial score (nSPS) is 15.3. The van der Waals surface area contributed by atoms with Gasteiger partial charge in [-0.05, 0) is 11.8 Å². The van der Waals surface area contributed by atoms with E-state index in [2.05, 4.69) is 19.2 Å². The molecule has 0 rings (SSSR count). The molecule has 3 nitrogen and oxygen atoms in total. The molecule has 0 aromatic carbocycles. The van der Waals surface area contributed by atoms with Crippen molar-refractivity contribution in [2.45, 2.75) is 46.6 Å². The number of hydrogen-bond donors (Lipinski definition) is 2. The van der Waals surface area contributed by atoms with Gasteiger partial charge in [0.2, 0.25) is 5.91 Å². The standard InChI is InChI=1S/C11H23NO2/c1-5-9(4)6-11(14)12-7-10(13)8(2)3/h8-10,13H,5-7H2,1-4H3,(H,12,14). The minimum absolute atomic E-state index is 0.0408. The predicted molar refractivity (Wildman–Crippen MR) is 57.9 cm³/mol. The summed E-state index contributed by atoms with van der Waals surface area (Å²) in [5.74, 6) is 0.657. The SMILES string of the molecule is CCC(C)CC(=O)NCC(O)C(C)C. The van der Waals surface area contributed by atoms with Gasteiger partial charge in [-0.1, -0.05) is 34.1 Å². The molecule has 2 unspecified atom stereocenters. The van der Waals surface area contributed by atoms with Crippen LogP contribution >= 0.6 is 0 Å². The highest BCUT2D eigenvalue weighted by molar-refractivity contribution is 5.76. The molecule has 0 aromatic rings. The van der Waals surface area contributed by atoms with E-state index < -0.39 is 6.10 Å². The highest BCUT2D eigenvalue weighted by atomic mass is 16.3. The zero-order valence-corrected chi connectivity index (χ0v) is 9.71. The molecule has 0 radical (unpaired) electrons.